The van der Waals surface area contributed by atoms with E-state index >= 15 is 0 Å². The number of carbonyl (C=O) groups is 1. The molecule has 3 nitrogen and oxygen atoms in total. The fourth-order valence-corrected chi connectivity index (χ4v) is 1.30. The molecule has 98 valence electrons. The van der Waals surface area contributed by atoms with Crippen molar-refractivity contribution in [3.63, 3.8) is 0 Å². The lowest BCUT2D eigenvalue weighted by molar-refractivity contribution is -0.151. The topological polar surface area (TPSA) is 38.3 Å². The smallest absolute Gasteiger partial charge is 0.329 e. The van der Waals surface area contributed by atoms with Gasteiger partial charge in [0.1, 0.15) is 6.61 Å². The fourth-order valence-electron chi connectivity index (χ4n) is 1.30. The Morgan fingerprint density at radius 2 is 2.06 bits per heavy atom. The molecule has 1 N–H and O–H groups in total. The van der Waals surface area contributed by atoms with Crippen LogP contribution in [-0.4, -0.2) is 25.0 Å². The van der Waals surface area contributed by atoms with E-state index in [2.05, 4.69) is 11.9 Å². The lowest BCUT2D eigenvalue weighted by atomic mass is 10.2. The van der Waals surface area contributed by atoms with Gasteiger partial charge in [-0.25, -0.2) is 8.78 Å². The Morgan fingerprint density at radius 1 is 1.39 bits per heavy atom. The number of halogens is 2. The van der Waals surface area contributed by atoms with Crippen LogP contribution in [0.15, 0.2) is 43.0 Å². The third-order valence-corrected chi connectivity index (χ3v) is 2.21. The van der Waals surface area contributed by atoms with Crippen LogP contribution in [0, 0.1) is 0 Å². The summed E-state index contributed by atoms with van der Waals surface area (Å²) in [5, 5.41) is 2.36. The van der Waals surface area contributed by atoms with Gasteiger partial charge in [-0.2, -0.15) is 0 Å². The maximum Gasteiger partial charge on any atom is 0.329 e. The van der Waals surface area contributed by atoms with Gasteiger partial charge < -0.3 is 4.74 Å². The zero-order valence-electron chi connectivity index (χ0n) is 9.81. The Hall–Kier alpha value is -1.75. The highest BCUT2D eigenvalue weighted by molar-refractivity contribution is 5.76. The molecule has 0 aliphatic carbocycles. The number of esters is 1. The molecular formula is C13H15F2NO2. The number of benzene rings is 1. The number of alkyl halides is 2. The van der Waals surface area contributed by atoms with Gasteiger partial charge in [-0.3, -0.25) is 10.1 Å². The first-order valence-electron chi connectivity index (χ1n) is 5.48. The predicted molar refractivity (Wildman–Crippen MR) is 64.2 cm³/mol. The van der Waals surface area contributed by atoms with Gasteiger partial charge in [0, 0.05) is 6.54 Å². The molecule has 5 heteroatoms. The van der Waals surface area contributed by atoms with Crippen molar-refractivity contribution < 1.29 is 18.3 Å². The average Bonchev–Trinajstić information content (AvgIpc) is 2.37. The van der Waals surface area contributed by atoms with Crippen molar-refractivity contribution in [3.8, 4) is 0 Å². The first kappa shape index (κ1) is 14.3. The van der Waals surface area contributed by atoms with Crippen molar-refractivity contribution >= 4 is 5.97 Å². The van der Waals surface area contributed by atoms with Gasteiger partial charge in [-0.15, -0.1) is 6.58 Å². The van der Waals surface area contributed by atoms with E-state index < -0.39 is 18.4 Å². The molecule has 0 unspecified atom stereocenters. The number of hydrogen-bond acceptors (Lipinski definition) is 3. The Kier molecular flexibility index (Phi) is 6.00. The molecule has 0 spiro atoms. The molecule has 1 atom stereocenters. The summed E-state index contributed by atoms with van der Waals surface area (Å²) in [5.41, 5.74) is 0.752. The molecule has 0 aromatic heterocycles. The molecule has 1 aromatic carbocycles. The van der Waals surface area contributed by atoms with Gasteiger partial charge in [0.25, 0.3) is 6.43 Å². The van der Waals surface area contributed by atoms with Crippen LogP contribution in [0.4, 0.5) is 8.78 Å². The van der Waals surface area contributed by atoms with Crippen LogP contribution < -0.4 is 5.32 Å². The van der Waals surface area contributed by atoms with Crippen LogP contribution in [0.2, 0.25) is 0 Å². The Labute approximate surface area is 104 Å². The lowest BCUT2D eigenvalue weighted by Crippen LogP contribution is -2.43. The third kappa shape index (κ3) is 4.63. The molecular weight excluding hydrogens is 240 g/mol. The molecule has 0 radical (unpaired) electrons. The van der Waals surface area contributed by atoms with Crippen LogP contribution in [0.1, 0.15) is 5.56 Å². The highest BCUT2D eigenvalue weighted by Crippen LogP contribution is 2.06. The molecule has 18 heavy (non-hydrogen) atoms. The van der Waals surface area contributed by atoms with E-state index in [-0.39, 0.29) is 13.2 Å². The molecule has 0 bridgehead atoms. The van der Waals surface area contributed by atoms with E-state index in [0.29, 0.717) is 0 Å². The Morgan fingerprint density at radius 3 is 2.61 bits per heavy atom. The van der Waals surface area contributed by atoms with Gasteiger partial charge in [0.15, 0.2) is 6.04 Å². The van der Waals surface area contributed by atoms with Gasteiger partial charge in [0.2, 0.25) is 0 Å². The number of hydrogen-bond donors (Lipinski definition) is 1. The van der Waals surface area contributed by atoms with Crippen LogP contribution in [0.5, 0.6) is 0 Å². The first-order valence-corrected chi connectivity index (χ1v) is 5.48. The number of nitrogens with one attached hydrogen (secondary N) is 1. The maximum atomic E-state index is 12.6. The molecule has 0 saturated carbocycles. The summed E-state index contributed by atoms with van der Waals surface area (Å²) in [7, 11) is 0. The molecule has 1 rings (SSSR count). The van der Waals surface area contributed by atoms with Crippen molar-refractivity contribution in [1.29, 1.82) is 0 Å². The number of rotatable bonds is 7. The normalized spacial score (nSPS) is 12.2. The monoisotopic (exact) mass is 255 g/mol. The van der Waals surface area contributed by atoms with Crippen molar-refractivity contribution in [2.75, 3.05) is 6.54 Å². The van der Waals surface area contributed by atoms with Crippen molar-refractivity contribution in [2.24, 2.45) is 0 Å². The minimum atomic E-state index is -2.81. The standard InChI is InChI=1S/C13H15F2NO2/c1-2-8-16-11(12(14)15)13(17)18-9-10-6-4-3-5-7-10/h2-7,11-12,16H,1,8-9H2/t11-/m0/s1. The van der Waals surface area contributed by atoms with Crippen molar-refractivity contribution in [2.45, 2.75) is 19.1 Å². The second-order valence-electron chi connectivity index (χ2n) is 3.60. The largest absolute Gasteiger partial charge is 0.459 e. The quantitative estimate of drug-likeness (QED) is 0.599. The second kappa shape index (κ2) is 7.55. The van der Waals surface area contributed by atoms with E-state index in [0.717, 1.165) is 5.56 Å². The SMILES string of the molecule is C=CCN[C@H](C(=O)OCc1ccccc1)C(F)F. The Bertz CT molecular complexity index is 382. The van der Waals surface area contributed by atoms with Gasteiger partial charge in [-0.1, -0.05) is 36.4 Å². The van der Waals surface area contributed by atoms with Crippen LogP contribution in [0.25, 0.3) is 0 Å². The van der Waals surface area contributed by atoms with Crippen LogP contribution >= 0.6 is 0 Å². The van der Waals surface area contributed by atoms with Gasteiger partial charge in [0.05, 0.1) is 0 Å². The van der Waals surface area contributed by atoms with Gasteiger partial charge in [-0.05, 0) is 5.56 Å². The fraction of sp³-hybridized carbons (Fsp3) is 0.308. The van der Waals surface area contributed by atoms with E-state index in [4.69, 9.17) is 4.74 Å². The molecule has 1 aromatic rings. The first-order chi connectivity index (χ1) is 8.65. The van der Waals surface area contributed by atoms with Crippen molar-refractivity contribution in [3.05, 3.63) is 48.6 Å². The highest BCUT2D eigenvalue weighted by atomic mass is 19.3. The van der Waals surface area contributed by atoms with E-state index in [1.165, 1.54) is 6.08 Å². The van der Waals surface area contributed by atoms with E-state index in [1.54, 1.807) is 24.3 Å². The summed E-state index contributed by atoms with van der Waals surface area (Å²) in [4.78, 5) is 11.5. The summed E-state index contributed by atoms with van der Waals surface area (Å²) in [6, 6.07) is 7.27. The summed E-state index contributed by atoms with van der Waals surface area (Å²) in [5.74, 6) is -0.962. The molecule has 0 aliphatic rings. The number of ether oxygens (including phenoxy) is 1. The predicted octanol–water partition coefficient (Wildman–Crippen LogP) is 2.14. The minimum Gasteiger partial charge on any atom is -0.459 e. The Balaban J connectivity index is 2.48. The molecule has 0 heterocycles. The molecule has 0 saturated heterocycles. The minimum absolute atomic E-state index is 0.0152. The zero-order chi connectivity index (χ0) is 13.4. The summed E-state index contributed by atoms with van der Waals surface area (Å²) in [6.07, 6.45) is -1.41. The average molecular weight is 255 g/mol. The number of carbonyl (C=O) groups excluding carboxylic acids is 1. The molecule has 0 amide bonds. The van der Waals surface area contributed by atoms with Crippen LogP contribution in [0.3, 0.4) is 0 Å². The van der Waals surface area contributed by atoms with E-state index in [1.807, 2.05) is 6.07 Å². The zero-order valence-corrected chi connectivity index (χ0v) is 9.81. The van der Waals surface area contributed by atoms with Gasteiger partial charge >= 0.3 is 5.97 Å². The molecule has 0 fully saturated rings. The van der Waals surface area contributed by atoms with Crippen LogP contribution in [-0.2, 0) is 16.1 Å². The van der Waals surface area contributed by atoms with Crippen molar-refractivity contribution in [1.82, 2.24) is 5.32 Å². The highest BCUT2D eigenvalue weighted by Gasteiger charge is 2.28. The van der Waals surface area contributed by atoms with E-state index in [9.17, 15) is 13.6 Å². The third-order valence-electron chi connectivity index (χ3n) is 2.21. The second-order valence-corrected chi connectivity index (χ2v) is 3.60. The maximum absolute atomic E-state index is 12.6. The summed E-state index contributed by atoms with van der Waals surface area (Å²) >= 11 is 0. The summed E-state index contributed by atoms with van der Waals surface area (Å²) in [6.45, 7) is 3.49. The molecule has 0 aliphatic heterocycles. The summed E-state index contributed by atoms with van der Waals surface area (Å²) < 4.78 is 30.0. The lowest BCUT2D eigenvalue weighted by Gasteiger charge is -2.15.